The average Bonchev–Trinajstić information content (AvgIpc) is 3.19. The van der Waals surface area contributed by atoms with Crippen LogP contribution in [0.15, 0.2) is 42.9 Å². The summed E-state index contributed by atoms with van der Waals surface area (Å²) in [5.74, 6) is 2.73. The summed E-state index contributed by atoms with van der Waals surface area (Å²) in [6.07, 6.45) is 12.0. The SMILES string of the molecule is COc1ccccc1C1CCN([C@@H]2CCC3(C2)CN(c2cnccn2)C3)CC1. The summed E-state index contributed by atoms with van der Waals surface area (Å²) in [6.45, 7) is 4.74. The fourth-order valence-electron chi connectivity index (χ4n) is 5.73. The third-order valence-corrected chi connectivity index (χ3v) is 7.23. The van der Waals surface area contributed by atoms with Gasteiger partial charge in [-0.25, -0.2) is 4.98 Å². The van der Waals surface area contributed by atoms with E-state index in [1.54, 1.807) is 19.5 Å². The molecule has 0 N–H and O–H groups in total. The number of hydrogen-bond donors (Lipinski definition) is 0. The van der Waals surface area contributed by atoms with E-state index in [2.05, 4.69) is 44.0 Å². The van der Waals surface area contributed by atoms with Gasteiger partial charge < -0.3 is 14.5 Å². The number of piperidine rings is 1. The quantitative estimate of drug-likeness (QED) is 0.811. The van der Waals surface area contributed by atoms with Gasteiger partial charge in [0.05, 0.1) is 13.3 Å². The first-order valence-electron chi connectivity index (χ1n) is 10.6. The van der Waals surface area contributed by atoms with E-state index < -0.39 is 0 Å². The zero-order chi connectivity index (χ0) is 19.0. The minimum Gasteiger partial charge on any atom is -0.496 e. The second-order valence-electron chi connectivity index (χ2n) is 8.87. The number of nitrogens with zero attached hydrogens (tertiary/aromatic N) is 4. The van der Waals surface area contributed by atoms with Crippen LogP contribution in [-0.4, -0.2) is 54.2 Å². The summed E-state index contributed by atoms with van der Waals surface area (Å²) in [7, 11) is 1.79. The van der Waals surface area contributed by atoms with Gasteiger partial charge in [0, 0.05) is 36.9 Å². The van der Waals surface area contributed by atoms with Crippen molar-refractivity contribution < 1.29 is 4.74 Å². The maximum Gasteiger partial charge on any atom is 0.147 e. The van der Waals surface area contributed by atoms with Gasteiger partial charge in [-0.3, -0.25) is 4.98 Å². The Bertz CT molecular complexity index is 797. The van der Waals surface area contributed by atoms with E-state index in [0.717, 1.165) is 30.7 Å². The lowest BCUT2D eigenvalue weighted by molar-refractivity contribution is 0.131. The van der Waals surface area contributed by atoms with Crippen molar-refractivity contribution in [1.29, 1.82) is 0 Å². The van der Waals surface area contributed by atoms with Crippen molar-refractivity contribution in [2.24, 2.45) is 5.41 Å². The van der Waals surface area contributed by atoms with E-state index >= 15 is 0 Å². The maximum absolute atomic E-state index is 5.59. The fourth-order valence-corrected chi connectivity index (χ4v) is 5.73. The molecule has 2 saturated heterocycles. The Morgan fingerprint density at radius 1 is 1.07 bits per heavy atom. The molecular formula is C23H30N4O. The van der Waals surface area contributed by atoms with Crippen LogP contribution in [0.3, 0.4) is 0 Å². The van der Waals surface area contributed by atoms with Crippen LogP contribution in [-0.2, 0) is 0 Å². The van der Waals surface area contributed by atoms with E-state index in [1.165, 1.54) is 50.8 Å². The summed E-state index contributed by atoms with van der Waals surface area (Å²) < 4.78 is 5.59. The predicted octanol–water partition coefficient (Wildman–Crippen LogP) is 3.72. The van der Waals surface area contributed by atoms with E-state index in [4.69, 9.17) is 4.74 Å². The monoisotopic (exact) mass is 378 g/mol. The number of likely N-dealkylation sites (tertiary alicyclic amines) is 1. The first kappa shape index (κ1) is 17.9. The Kier molecular flexibility index (Phi) is 4.71. The van der Waals surface area contributed by atoms with Crippen molar-refractivity contribution in [1.82, 2.24) is 14.9 Å². The Morgan fingerprint density at radius 3 is 2.64 bits per heavy atom. The molecule has 0 radical (unpaired) electrons. The summed E-state index contributed by atoms with van der Waals surface area (Å²) in [4.78, 5) is 13.8. The van der Waals surface area contributed by atoms with Crippen LogP contribution in [0.25, 0.3) is 0 Å². The van der Waals surface area contributed by atoms with Crippen LogP contribution in [0, 0.1) is 5.41 Å². The molecule has 1 saturated carbocycles. The van der Waals surface area contributed by atoms with Crippen molar-refractivity contribution in [3.63, 3.8) is 0 Å². The molecular weight excluding hydrogens is 348 g/mol. The molecule has 0 unspecified atom stereocenters. The molecule has 2 aromatic rings. The number of rotatable bonds is 4. The van der Waals surface area contributed by atoms with Crippen LogP contribution < -0.4 is 9.64 Å². The molecule has 5 heteroatoms. The lowest BCUT2D eigenvalue weighted by Gasteiger charge is -2.49. The molecule has 3 heterocycles. The minimum absolute atomic E-state index is 0.516. The van der Waals surface area contributed by atoms with Crippen LogP contribution in [0.4, 0.5) is 5.82 Å². The molecule has 5 nitrogen and oxygen atoms in total. The zero-order valence-electron chi connectivity index (χ0n) is 16.8. The van der Waals surface area contributed by atoms with Crippen molar-refractivity contribution in [2.75, 3.05) is 38.2 Å². The molecule has 2 aliphatic heterocycles. The highest BCUT2D eigenvalue weighted by Gasteiger charge is 2.49. The Hall–Kier alpha value is -2.14. The van der Waals surface area contributed by atoms with Gasteiger partial charge in [-0.05, 0) is 62.7 Å². The smallest absolute Gasteiger partial charge is 0.147 e. The molecule has 28 heavy (non-hydrogen) atoms. The molecule has 3 fully saturated rings. The van der Waals surface area contributed by atoms with Crippen molar-refractivity contribution >= 4 is 5.82 Å². The topological polar surface area (TPSA) is 41.5 Å². The molecule has 1 atom stereocenters. The predicted molar refractivity (Wildman–Crippen MR) is 111 cm³/mol. The first-order valence-corrected chi connectivity index (χ1v) is 10.6. The minimum atomic E-state index is 0.516. The second-order valence-corrected chi connectivity index (χ2v) is 8.87. The lowest BCUT2D eigenvalue weighted by Crippen LogP contribution is -2.56. The number of aromatic nitrogens is 2. The molecule has 3 aliphatic rings. The van der Waals surface area contributed by atoms with Crippen molar-refractivity contribution in [2.45, 2.75) is 44.1 Å². The largest absolute Gasteiger partial charge is 0.496 e. The van der Waals surface area contributed by atoms with E-state index in [-0.39, 0.29) is 0 Å². The van der Waals surface area contributed by atoms with Gasteiger partial charge in [0.25, 0.3) is 0 Å². The van der Waals surface area contributed by atoms with Crippen LogP contribution in [0.5, 0.6) is 5.75 Å². The molecule has 5 rings (SSSR count). The summed E-state index contributed by atoms with van der Waals surface area (Å²) in [5.41, 5.74) is 1.91. The second kappa shape index (κ2) is 7.36. The normalized spacial score (nSPS) is 25.0. The van der Waals surface area contributed by atoms with Crippen LogP contribution >= 0.6 is 0 Å². The number of benzene rings is 1. The Morgan fingerprint density at radius 2 is 1.89 bits per heavy atom. The van der Waals surface area contributed by atoms with Crippen molar-refractivity contribution in [3.05, 3.63) is 48.4 Å². The fraction of sp³-hybridized carbons (Fsp3) is 0.565. The number of hydrogen-bond acceptors (Lipinski definition) is 5. The lowest BCUT2D eigenvalue weighted by atomic mass is 9.78. The van der Waals surface area contributed by atoms with Gasteiger partial charge in [0.15, 0.2) is 0 Å². The molecule has 148 valence electrons. The summed E-state index contributed by atoms with van der Waals surface area (Å²) in [5, 5.41) is 0. The van der Waals surface area contributed by atoms with E-state index in [9.17, 15) is 0 Å². The number of ether oxygens (including phenoxy) is 1. The third-order valence-electron chi connectivity index (χ3n) is 7.23. The van der Waals surface area contributed by atoms with Gasteiger partial charge in [-0.1, -0.05) is 18.2 Å². The summed E-state index contributed by atoms with van der Waals surface area (Å²) >= 11 is 0. The highest BCUT2D eigenvalue weighted by Crippen LogP contribution is 2.48. The van der Waals surface area contributed by atoms with Gasteiger partial charge in [-0.15, -0.1) is 0 Å². The third kappa shape index (κ3) is 3.26. The Labute approximate surface area is 167 Å². The molecule has 1 aromatic carbocycles. The maximum atomic E-state index is 5.59. The van der Waals surface area contributed by atoms with Gasteiger partial charge in [0.1, 0.15) is 11.6 Å². The molecule has 1 aromatic heterocycles. The molecule has 0 amide bonds. The number of methoxy groups -OCH3 is 1. The van der Waals surface area contributed by atoms with E-state index in [0.29, 0.717) is 11.3 Å². The highest BCUT2D eigenvalue weighted by molar-refractivity contribution is 5.41. The van der Waals surface area contributed by atoms with Gasteiger partial charge >= 0.3 is 0 Å². The Balaban J connectivity index is 1.15. The number of anilines is 1. The molecule has 1 spiro atoms. The standard InChI is InChI=1S/C23H30N4O/c1-28-21-5-3-2-4-20(21)18-7-12-26(13-8-18)19-6-9-23(14-19)16-27(17-23)22-15-24-10-11-25-22/h2-5,10-11,15,18-19H,6-9,12-14,16-17H2,1H3/t19-/m1/s1. The van der Waals surface area contributed by atoms with Gasteiger partial charge in [0.2, 0.25) is 0 Å². The van der Waals surface area contributed by atoms with Crippen LogP contribution in [0.1, 0.15) is 43.6 Å². The van der Waals surface area contributed by atoms with E-state index in [1.807, 2.05) is 6.20 Å². The average molecular weight is 379 g/mol. The van der Waals surface area contributed by atoms with Crippen LogP contribution in [0.2, 0.25) is 0 Å². The van der Waals surface area contributed by atoms with Gasteiger partial charge in [-0.2, -0.15) is 0 Å². The highest BCUT2D eigenvalue weighted by atomic mass is 16.5. The zero-order valence-corrected chi connectivity index (χ0v) is 16.8. The summed E-state index contributed by atoms with van der Waals surface area (Å²) in [6, 6.07) is 9.33. The molecule has 1 aliphatic carbocycles. The number of para-hydroxylation sites is 1. The molecule has 0 bridgehead atoms. The first-order chi connectivity index (χ1) is 13.8. The van der Waals surface area contributed by atoms with Crippen molar-refractivity contribution in [3.8, 4) is 5.75 Å².